The Morgan fingerprint density at radius 3 is 1.85 bits per heavy atom. The van der Waals surface area contributed by atoms with Crippen molar-refractivity contribution >= 4 is 17.9 Å². The third-order valence-electron chi connectivity index (χ3n) is 2.43. The number of esters is 2. The highest BCUT2D eigenvalue weighted by Crippen LogP contribution is 2.29. The van der Waals surface area contributed by atoms with Gasteiger partial charge in [-0.1, -0.05) is 30.3 Å². The maximum atomic E-state index is 11.4. The normalized spacial score (nSPS) is 13.4. The molecular formula is C13H14O7. The van der Waals surface area contributed by atoms with E-state index < -0.39 is 29.8 Å². The van der Waals surface area contributed by atoms with Crippen LogP contribution in [0.1, 0.15) is 19.4 Å². The van der Waals surface area contributed by atoms with Crippen molar-refractivity contribution in [2.24, 2.45) is 0 Å². The first-order valence-electron chi connectivity index (χ1n) is 5.64. The predicted molar refractivity (Wildman–Crippen MR) is 65.3 cm³/mol. The van der Waals surface area contributed by atoms with Gasteiger partial charge < -0.3 is 19.7 Å². The minimum atomic E-state index is -2.70. The molecule has 0 amide bonds. The fourth-order valence-corrected chi connectivity index (χ4v) is 1.55. The van der Waals surface area contributed by atoms with Gasteiger partial charge in [-0.25, -0.2) is 4.79 Å². The Labute approximate surface area is 114 Å². The summed E-state index contributed by atoms with van der Waals surface area (Å²) in [6.45, 7) is 2.01. The van der Waals surface area contributed by atoms with Crippen molar-refractivity contribution in [1.29, 1.82) is 0 Å². The molecule has 20 heavy (non-hydrogen) atoms. The molecule has 0 aliphatic carbocycles. The molecule has 7 heteroatoms. The molecule has 2 N–H and O–H groups in total. The van der Waals surface area contributed by atoms with Gasteiger partial charge >= 0.3 is 17.9 Å². The van der Waals surface area contributed by atoms with Gasteiger partial charge in [0.15, 0.2) is 0 Å². The lowest BCUT2D eigenvalue weighted by Crippen LogP contribution is -2.50. The molecule has 0 radical (unpaired) electrons. The molecule has 0 aliphatic heterocycles. The summed E-state index contributed by atoms with van der Waals surface area (Å²) < 4.78 is 9.26. The van der Waals surface area contributed by atoms with E-state index >= 15 is 0 Å². The largest absolute Gasteiger partial charge is 0.479 e. The molecule has 0 heterocycles. The van der Waals surface area contributed by atoms with Crippen LogP contribution >= 0.6 is 0 Å². The number of carbonyl (C=O) groups is 3. The summed E-state index contributed by atoms with van der Waals surface area (Å²) in [6.07, 6.45) is -1.99. The Kier molecular flexibility index (Phi) is 4.82. The summed E-state index contributed by atoms with van der Waals surface area (Å²) in [5.41, 5.74) is -2.78. The monoisotopic (exact) mass is 282 g/mol. The highest BCUT2D eigenvalue weighted by atomic mass is 16.7. The van der Waals surface area contributed by atoms with Crippen LogP contribution in [-0.4, -0.2) is 34.4 Å². The molecule has 1 aromatic rings. The number of carboxylic acid groups (broad SMARTS) is 1. The van der Waals surface area contributed by atoms with Crippen LogP contribution in [0.2, 0.25) is 0 Å². The Morgan fingerprint density at radius 1 is 1.05 bits per heavy atom. The van der Waals surface area contributed by atoms with E-state index in [0.717, 1.165) is 13.8 Å². The van der Waals surface area contributed by atoms with E-state index in [0.29, 0.717) is 0 Å². The summed E-state index contributed by atoms with van der Waals surface area (Å²) in [5, 5.41) is 19.6. The van der Waals surface area contributed by atoms with Gasteiger partial charge in [-0.15, -0.1) is 0 Å². The summed E-state index contributed by atoms with van der Waals surface area (Å²) in [6, 6.07) is 7.21. The van der Waals surface area contributed by atoms with Crippen molar-refractivity contribution in [3.8, 4) is 0 Å². The first kappa shape index (κ1) is 15.6. The standard InChI is InChI=1S/C13H14O7/c1-8(14)19-12(20-9(2)15)13(18,11(16)17)10-6-4-3-5-7-10/h3-7,12,18H,1-2H3,(H,16,17). The lowest BCUT2D eigenvalue weighted by atomic mass is 9.93. The molecule has 108 valence electrons. The van der Waals surface area contributed by atoms with Crippen LogP contribution in [0.3, 0.4) is 0 Å². The van der Waals surface area contributed by atoms with Crippen LogP contribution in [-0.2, 0) is 29.5 Å². The van der Waals surface area contributed by atoms with Crippen LogP contribution in [0.4, 0.5) is 0 Å². The van der Waals surface area contributed by atoms with Gasteiger partial charge in [-0.2, -0.15) is 0 Å². The predicted octanol–water partition coefficient (Wildman–Crippen LogP) is 0.411. The second-order valence-corrected chi connectivity index (χ2v) is 3.99. The highest BCUT2D eigenvalue weighted by Gasteiger charge is 2.51. The number of ether oxygens (including phenoxy) is 2. The van der Waals surface area contributed by atoms with Crippen molar-refractivity contribution in [3.05, 3.63) is 35.9 Å². The number of aliphatic hydroxyl groups is 1. The number of aliphatic carboxylic acids is 1. The van der Waals surface area contributed by atoms with Crippen molar-refractivity contribution in [1.82, 2.24) is 0 Å². The molecule has 1 rings (SSSR count). The second kappa shape index (κ2) is 6.16. The number of hydrogen-bond acceptors (Lipinski definition) is 6. The molecule has 0 aromatic heterocycles. The Morgan fingerprint density at radius 2 is 1.50 bits per heavy atom. The number of carboxylic acids is 1. The van der Waals surface area contributed by atoms with Gasteiger partial charge in [-0.05, 0) is 0 Å². The summed E-state index contributed by atoms with van der Waals surface area (Å²) in [5.74, 6) is -3.50. The Balaban J connectivity index is 3.29. The summed E-state index contributed by atoms with van der Waals surface area (Å²) in [7, 11) is 0. The number of carbonyl (C=O) groups excluding carboxylic acids is 2. The molecular weight excluding hydrogens is 268 g/mol. The van der Waals surface area contributed by atoms with Crippen LogP contribution in [0.5, 0.6) is 0 Å². The minimum Gasteiger partial charge on any atom is -0.479 e. The molecule has 1 atom stereocenters. The van der Waals surface area contributed by atoms with Crippen LogP contribution in [0.15, 0.2) is 30.3 Å². The van der Waals surface area contributed by atoms with Gasteiger partial charge in [-0.3, -0.25) is 9.59 Å². The fourth-order valence-electron chi connectivity index (χ4n) is 1.55. The molecule has 0 saturated heterocycles. The van der Waals surface area contributed by atoms with E-state index in [1.807, 2.05) is 0 Å². The van der Waals surface area contributed by atoms with E-state index in [9.17, 15) is 24.6 Å². The zero-order valence-electron chi connectivity index (χ0n) is 10.9. The highest BCUT2D eigenvalue weighted by molar-refractivity contribution is 5.81. The quantitative estimate of drug-likeness (QED) is 0.594. The second-order valence-electron chi connectivity index (χ2n) is 3.99. The molecule has 0 spiro atoms. The average molecular weight is 282 g/mol. The van der Waals surface area contributed by atoms with Gasteiger partial charge in [0.1, 0.15) is 0 Å². The molecule has 0 bridgehead atoms. The third kappa shape index (κ3) is 3.33. The SMILES string of the molecule is CC(=O)OC(OC(C)=O)C(O)(C(=O)O)c1ccccc1. The van der Waals surface area contributed by atoms with Crippen molar-refractivity contribution in [2.75, 3.05) is 0 Å². The molecule has 0 fully saturated rings. The maximum Gasteiger partial charge on any atom is 0.348 e. The summed E-state index contributed by atoms with van der Waals surface area (Å²) >= 11 is 0. The van der Waals surface area contributed by atoms with Crippen molar-refractivity contribution in [2.45, 2.75) is 25.7 Å². The van der Waals surface area contributed by atoms with Crippen molar-refractivity contribution in [3.63, 3.8) is 0 Å². The van der Waals surface area contributed by atoms with Crippen LogP contribution in [0.25, 0.3) is 0 Å². The summed E-state index contributed by atoms with van der Waals surface area (Å²) in [4.78, 5) is 33.4. The van der Waals surface area contributed by atoms with Gasteiger partial charge in [0, 0.05) is 19.4 Å². The molecule has 1 aromatic carbocycles. The fraction of sp³-hybridized carbons (Fsp3) is 0.308. The molecule has 0 saturated carbocycles. The Hall–Kier alpha value is -2.41. The van der Waals surface area contributed by atoms with Gasteiger partial charge in [0.2, 0.25) is 0 Å². The van der Waals surface area contributed by atoms with Crippen LogP contribution < -0.4 is 0 Å². The zero-order valence-corrected chi connectivity index (χ0v) is 10.9. The number of hydrogen-bond donors (Lipinski definition) is 2. The number of rotatable bonds is 5. The van der Waals surface area contributed by atoms with E-state index in [2.05, 4.69) is 9.47 Å². The minimum absolute atomic E-state index is 0.0833. The van der Waals surface area contributed by atoms with E-state index in [1.54, 1.807) is 6.07 Å². The average Bonchev–Trinajstić information content (AvgIpc) is 2.36. The number of benzene rings is 1. The topological polar surface area (TPSA) is 110 Å². The Bertz CT molecular complexity index is 495. The lowest BCUT2D eigenvalue weighted by Gasteiger charge is -2.30. The lowest BCUT2D eigenvalue weighted by molar-refractivity contribution is -0.236. The van der Waals surface area contributed by atoms with E-state index in [4.69, 9.17) is 0 Å². The smallest absolute Gasteiger partial charge is 0.348 e. The molecule has 0 aliphatic rings. The van der Waals surface area contributed by atoms with E-state index in [-0.39, 0.29) is 5.56 Å². The maximum absolute atomic E-state index is 11.4. The van der Waals surface area contributed by atoms with Gasteiger partial charge in [0.25, 0.3) is 11.9 Å². The molecule has 1 unspecified atom stereocenters. The first-order valence-corrected chi connectivity index (χ1v) is 5.64. The third-order valence-corrected chi connectivity index (χ3v) is 2.43. The first-order chi connectivity index (χ1) is 9.28. The molecule has 7 nitrogen and oxygen atoms in total. The van der Waals surface area contributed by atoms with Crippen LogP contribution in [0, 0.1) is 0 Å². The zero-order chi connectivity index (χ0) is 15.3. The van der Waals surface area contributed by atoms with Gasteiger partial charge in [0.05, 0.1) is 0 Å². The van der Waals surface area contributed by atoms with Crippen molar-refractivity contribution < 1.29 is 34.1 Å². The van der Waals surface area contributed by atoms with E-state index in [1.165, 1.54) is 24.3 Å².